The van der Waals surface area contributed by atoms with E-state index in [0.717, 1.165) is 31.5 Å². The van der Waals surface area contributed by atoms with E-state index in [-0.39, 0.29) is 5.82 Å². The molecule has 0 saturated carbocycles. The molecule has 1 saturated heterocycles. The summed E-state index contributed by atoms with van der Waals surface area (Å²) in [4.78, 5) is 6.12. The number of aromatic nitrogens is 1. The molecule has 0 spiro atoms. The number of halogens is 1. The average Bonchev–Trinajstić information content (AvgIpc) is 2.56. The van der Waals surface area contributed by atoms with Crippen LogP contribution in [0.4, 0.5) is 10.2 Å². The quantitative estimate of drug-likeness (QED) is 0.658. The zero-order chi connectivity index (χ0) is 9.26. The van der Waals surface area contributed by atoms with Gasteiger partial charge in [-0.15, -0.1) is 0 Å². The molecule has 2 nitrogen and oxygen atoms in total. The van der Waals surface area contributed by atoms with Crippen LogP contribution in [0.15, 0.2) is 12.3 Å². The van der Waals surface area contributed by atoms with Gasteiger partial charge in [0.25, 0.3) is 0 Å². The van der Waals surface area contributed by atoms with Gasteiger partial charge in [0.05, 0.1) is 0 Å². The van der Waals surface area contributed by atoms with Crippen molar-refractivity contribution in [3.8, 4) is 0 Å². The summed E-state index contributed by atoms with van der Waals surface area (Å²) in [6.07, 6.45) is 4.01. The molecule has 1 fully saturated rings. The van der Waals surface area contributed by atoms with Crippen LogP contribution in [0.25, 0.3) is 0 Å². The van der Waals surface area contributed by atoms with E-state index in [4.69, 9.17) is 0 Å². The maximum atomic E-state index is 13.4. The maximum Gasteiger partial charge on any atom is 0.165 e. The molecule has 13 heavy (non-hydrogen) atoms. The van der Waals surface area contributed by atoms with E-state index < -0.39 is 0 Å². The highest BCUT2D eigenvalue weighted by Crippen LogP contribution is 2.21. The first-order valence-corrected chi connectivity index (χ1v) is 4.64. The largest absolute Gasteiger partial charge is 0.354 e. The molecule has 0 atom stereocenters. The van der Waals surface area contributed by atoms with Crippen LogP contribution >= 0.6 is 0 Å². The number of aryl methyl sites for hydroxylation is 1. The van der Waals surface area contributed by atoms with Crippen LogP contribution in [0.5, 0.6) is 0 Å². The van der Waals surface area contributed by atoms with Gasteiger partial charge in [-0.1, -0.05) is 0 Å². The molecule has 0 aliphatic carbocycles. The van der Waals surface area contributed by atoms with E-state index in [1.807, 2.05) is 11.8 Å². The average molecular weight is 180 g/mol. The number of anilines is 1. The van der Waals surface area contributed by atoms with Crippen molar-refractivity contribution in [3.05, 3.63) is 23.6 Å². The lowest BCUT2D eigenvalue weighted by Crippen LogP contribution is -2.20. The number of rotatable bonds is 1. The normalized spacial score (nSPS) is 16.6. The molecule has 0 N–H and O–H groups in total. The van der Waals surface area contributed by atoms with E-state index in [0.29, 0.717) is 5.82 Å². The summed E-state index contributed by atoms with van der Waals surface area (Å²) in [5.41, 5.74) is 0.875. The zero-order valence-corrected chi connectivity index (χ0v) is 7.76. The maximum absolute atomic E-state index is 13.4. The number of hydrogen-bond donors (Lipinski definition) is 0. The molecule has 3 heteroatoms. The fraction of sp³-hybridized carbons (Fsp3) is 0.500. The van der Waals surface area contributed by atoms with Crippen molar-refractivity contribution in [2.45, 2.75) is 19.8 Å². The van der Waals surface area contributed by atoms with Crippen LogP contribution in [0.1, 0.15) is 18.4 Å². The minimum atomic E-state index is -0.193. The zero-order valence-electron chi connectivity index (χ0n) is 7.76. The SMILES string of the molecule is Cc1cnc(N2CCCC2)c(F)c1. The molecule has 0 aromatic carbocycles. The second-order valence-electron chi connectivity index (χ2n) is 3.51. The van der Waals surface area contributed by atoms with Crippen molar-refractivity contribution < 1.29 is 4.39 Å². The number of nitrogens with zero attached hydrogens (tertiary/aromatic N) is 2. The van der Waals surface area contributed by atoms with Gasteiger partial charge in [-0.2, -0.15) is 0 Å². The van der Waals surface area contributed by atoms with Crippen molar-refractivity contribution in [3.63, 3.8) is 0 Å². The van der Waals surface area contributed by atoms with Crippen molar-refractivity contribution in [1.29, 1.82) is 0 Å². The van der Waals surface area contributed by atoms with Gasteiger partial charge in [0.15, 0.2) is 11.6 Å². The molecule has 70 valence electrons. The van der Waals surface area contributed by atoms with Gasteiger partial charge in [0.1, 0.15) is 0 Å². The molecule has 1 aliphatic rings. The number of hydrogen-bond acceptors (Lipinski definition) is 2. The Morgan fingerprint density at radius 3 is 2.69 bits per heavy atom. The van der Waals surface area contributed by atoms with Crippen LogP contribution in [-0.4, -0.2) is 18.1 Å². The summed E-state index contributed by atoms with van der Waals surface area (Å²) in [7, 11) is 0. The Morgan fingerprint density at radius 1 is 1.38 bits per heavy atom. The Bertz CT molecular complexity index is 306. The Balaban J connectivity index is 2.29. The van der Waals surface area contributed by atoms with Crippen molar-refractivity contribution >= 4 is 5.82 Å². The van der Waals surface area contributed by atoms with Gasteiger partial charge in [0.2, 0.25) is 0 Å². The summed E-state index contributed by atoms with van der Waals surface area (Å²) in [6, 6.07) is 1.54. The highest BCUT2D eigenvalue weighted by Gasteiger charge is 2.16. The van der Waals surface area contributed by atoms with Crippen LogP contribution in [0.3, 0.4) is 0 Å². The van der Waals surface area contributed by atoms with Gasteiger partial charge in [-0.3, -0.25) is 0 Å². The van der Waals surface area contributed by atoms with Crippen LogP contribution in [0.2, 0.25) is 0 Å². The monoisotopic (exact) mass is 180 g/mol. The summed E-state index contributed by atoms with van der Waals surface area (Å²) >= 11 is 0. The second-order valence-corrected chi connectivity index (χ2v) is 3.51. The Hall–Kier alpha value is -1.12. The molecule has 0 bridgehead atoms. The first-order chi connectivity index (χ1) is 6.27. The summed E-state index contributed by atoms with van der Waals surface area (Å²) < 4.78 is 13.4. The van der Waals surface area contributed by atoms with Crippen LogP contribution in [0, 0.1) is 12.7 Å². The van der Waals surface area contributed by atoms with Gasteiger partial charge >= 0.3 is 0 Å². The summed E-state index contributed by atoms with van der Waals surface area (Å²) in [5, 5.41) is 0. The first kappa shape index (κ1) is 8.48. The van der Waals surface area contributed by atoms with E-state index in [1.54, 1.807) is 12.3 Å². The molecule has 1 aromatic heterocycles. The molecule has 2 heterocycles. The Labute approximate surface area is 77.4 Å². The highest BCUT2D eigenvalue weighted by atomic mass is 19.1. The molecular formula is C10H13FN2. The Kier molecular flexibility index (Phi) is 2.17. The van der Waals surface area contributed by atoms with E-state index in [2.05, 4.69) is 4.98 Å². The fourth-order valence-corrected chi connectivity index (χ4v) is 1.69. The third-order valence-electron chi connectivity index (χ3n) is 2.36. The highest BCUT2D eigenvalue weighted by molar-refractivity contribution is 5.41. The summed E-state index contributed by atoms with van der Waals surface area (Å²) in [6.45, 7) is 3.73. The lowest BCUT2D eigenvalue weighted by molar-refractivity contribution is 0.614. The number of pyridine rings is 1. The molecule has 0 unspecified atom stereocenters. The van der Waals surface area contributed by atoms with E-state index in [9.17, 15) is 4.39 Å². The first-order valence-electron chi connectivity index (χ1n) is 4.64. The van der Waals surface area contributed by atoms with Crippen molar-refractivity contribution in [2.24, 2.45) is 0 Å². The van der Waals surface area contributed by atoms with Crippen molar-refractivity contribution in [2.75, 3.05) is 18.0 Å². The lowest BCUT2D eigenvalue weighted by atomic mass is 10.3. The molecule has 1 aliphatic heterocycles. The summed E-state index contributed by atoms with van der Waals surface area (Å²) in [5.74, 6) is 0.324. The third-order valence-corrected chi connectivity index (χ3v) is 2.36. The van der Waals surface area contributed by atoms with Crippen LogP contribution in [-0.2, 0) is 0 Å². The third kappa shape index (κ3) is 1.64. The standard InChI is InChI=1S/C10H13FN2/c1-8-6-9(11)10(12-7-8)13-4-2-3-5-13/h6-7H,2-5H2,1H3. The molecule has 0 radical (unpaired) electrons. The van der Waals surface area contributed by atoms with E-state index >= 15 is 0 Å². The fourth-order valence-electron chi connectivity index (χ4n) is 1.69. The van der Waals surface area contributed by atoms with Crippen LogP contribution < -0.4 is 4.90 Å². The predicted molar refractivity (Wildman–Crippen MR) is 50.4 cm³/mol. The van der Waals surface area contributed by atoms with Gasteiger partial charge in [0, 0.05) is 19.3 Å². The molecule has 1 aromatic rings. The van der Waals surface area contributed by atoms with Crippen molar-refractivity contribution in [1.82, 2.24) is 4.98 Å². The second kappa shape index (κ2) is 3.32. The molecule has 2 rings (SSSR count). The van der Waals surface area contributed by atoms with Gasteiger partial charge in [-0.25, -0.2) is 9.37 Å². The molecular weight excluding hydrogens is 167 g/mol. The smallest absolute Gasteiger partial charge is 0.165 e. The Morgan fingerprint density at radius 2 is 2.08 bits per heavy atom. The topological polar surface area (TPSA) is 16.1 Å². The van der Waals surface area contributed by atoms with Gasteiger partial charge < -0.3 is 4.90 Å². The lowest BCUT2D eigenvalue weighted by Gasteiger charge is -2.16. The molecule has 0 amide bonds. The minimum Gasteiger partial charge on any atom is -0.354 e. The minimum absolute atomic E-state index is 0.193. The predicted octanol–water partition coefficient (Wildman–Crippen LogP) is 2.13. The van der Waals surface area contributed by atoms with Gasteiger partial charge in [-0.05, 0) is 31.4 Å². The van der Waals surface area contributed by atoms with E-state index in [1.165, 1.54) is 0 Å².